The van der Waals surface area contributed by atoms with Gasteiger partial charge < -0.3 is 10.2 Å². The summed E-state index contributed by atoms with van der Waals surface area (Å²) >= 11 is 0. The van der Waals surface area contributed by atoms with Gasteiger partial charge in [0.1, 0.15) is 12.1 Å². The summed E-state index contributed by atoms with van der Waals surface area (Å²) in [5, 5.41) is 18.2. The van der Waals surface area contributed by atoms with Crippen molar-refractivity contribution in [1.29, 1.82) is 0 Å². The molecule has 2 aromatic heterocycles. The number of carbonyl (C=O) groups excluding carboxylic acids is 1. The summed E-state index contributed by atoms with van der Waals surface area (Å²) in [5.41, 5.74) is 3.13. The minimum Gasteiger partial charge on any atom is -0.355 e. The number of carbonyl (C=O) groups is 1. The summed E-state index contributed by atoms with van der Waals surface area (Å²) in [6.07, 6.45) is 1.49. The Bertz CT molecular complexity index is 1140. The molecule has 1 aliphatic heterocycles. The van der Waals surface area contributed by atoms with E-state index in [1.165, 1.54) is 18.5 Å². The molecule has 30 heavy (non-hydrogen) atoms. The van der Waals surface area contributed by atoms with Crippen LogP contribution in [0.3, 0.4) is 0 Å². The molecule has 10 nitrogen and oxygen atoms in total. The van der Waals surface area contributed by atoms with Gasteiger partial charge >= 0.3 is 0 Å². The zero-order valence-electron chi connectivity index (χ0n) is 16.9. The van der Waals surface area contributed by atoms with Crippen LogP contribution in [0.4, 0.5) is 17.2 Å². The van der Waals surface area contributed by atoms with Crippen LogP contribution < -0.4 is 10.2 Å². The number of anilines is 2. The van der Waals surface area contributed by atoms with Crippen molar-refractivity contribution in [1.82, 2.24) is 19.7 Å². The molecular weight excluding hydrogens is 386 g/mol. The van der Waals surface area contributed by atoms with Crippen LogP contribution in [-0.4, -0.2) is 43.7 Å². The van der Waals surface area contributed by atoms with E-state index in [-0.39, 0.29) is 17.5 Å². The van der Waals surface area contributed by atoms with E-state index >= 15 is 0 Å². The fourth-order valence-electron chi connectivity index (χ4n) is 3.45. The molecule has 4 rings (SSSR count). The number of amides is 1. The van der Waals surface area contributed by atoms with Gasteiger partial charge in [-0.1, -0.05) is 0 Å². The fourth-order valence-corrected chi connectivity index (χ4v) is 3.45. The van der Waals surface area contributed by atoms with Crippen molar-refractivity contribution in [2.75, 3.05) is 23.3 Å². The minimum atomic E-state index is -0.454. The Morgan fingerprint density at radius 2 is 1.87 bits per heavy atom. The molecule has 0 radical (unpaired) electrons. The standard InChI is InChI=1S/C20H21N7O3/c1-12-6-16(27(29)30)4-5-17(12)23-20(28)15-9-25(10-15)18-8-19(22-11-21-18)26-14(3)7-13(2)24-26/h4-8,11,15H,9-10H2,1-3H3,(H,23,28). The lowest BCUT2D eigenvalue weighted by Crippen LogP contribution is -2.52. The SMILES string of the molecule is Cc1cc(C)n(-c2cc(N3CC(C(=O)Nc4ccc([N+](=O)[O-])cc4C)C3)ncn2)n1. The highest BCUT2D eigenvalue weighted by atomic mass is 16.6. The summed E-state index contributed by atoms with van der Waals surface area (Å²) in [6, 6.07) is 8.23. The quantitative estimate of drug-likeness (QED) is 0.510. The second-order valence-electron chi connectivity index (χ2n) is 7.42. The van der Waals surface area contributed by atoms with Crippen molar-refractivity contribution in [3.63, 3.8) is 0 Å². The third-order valence-corrected chi connectivity index (χ3v) is 5.12. The lowest BCUT2D eigenvalue weighted by molar-refractivity contribution is -0.384. The Balaban J connectivity index is 1.40. The number of aromatic nitrogens is 4. The molecule has 1 aromatic carbocycles. The third kappa shape index (κ3) is 3.71. The van der Waals surface area contributed by atoms with Gasteiger partial charge in [-0.3, -0.25) is 14.9 Å². The van der Waals surface area contributed by atoms with E-state index in [2.05, 4.69) is 20.4 Å². The Kier molecular flexibility index (Phi) is 4.90. The van der Waals surface area contributed by atoms with E-state index in [1.807, 2.05) is 30.9 Å². The Labute approximate surface area is 172 Å². The summed E-state index contributed by atoms with van der Waals surface area (Å²) in [4.78, 5) is 33.6. The van der Waals surface area contributed by atoms with Crippen molar-refractivity contribution in [2.45, 2.75) is 20.8 Å². The highest BCUT2D eigenvalue weighted by molar-refractivity contribution is 5.95. The maximum absolute atomic E-state index is 12.6. The minimum absolute atomic E-state index is 0.00231. The molecule has 10 heteroatoms. The molecule has 0 unspecified atom stereocenters. The van der Waals surface area contributed by atoms with Crippen LogP contribution >= 0.6 is 0 Å². The molecule has 0 spiro atoms. The predicted molar refractivity (Wildman–Crippen MR) is 111 cm³/mol. The topological polar surface area (TPSA) is 119 Å². The molecule has 0 atom stereocenters. The first-order valence-electron chi connectivity index (χ1n) is 9.48. The molecule has 3 heterocycles. The largest absolute Gasteiger partial charge is 0.355 e. The highest BCUT2D eigenvalue weighted by Crippen LogP contribution is 2.27. The number of non-ortho nitro benzene ring substituents is 1. The normalized spacial score (nSPS) is 13.8. The van der Waals surface area contributed by atoms with E-state index in [4.69, 9.17) is 0 Å². The highest BCUT2D eigenvalue weighted by Gasteiger charge is 2.34. The van der Waals surface area contributed by atoms with Crippen molar-refractivity contribution in [3.8, 4) is 5.82 Å². The van der Waals surface area contributed by atoms with Gasteiger partial charge in [-0.05, 0) is 38.5 Å². The molecule has 154 valence electrons. The molecule has 1 N–H and O–H groups in total. The monoisotopic (exact) mass is 407 g/mol. The zero-order valence-corrected chi connectivity index (χ0v) is 16.9. The molecule has 1 fully saturated rings. The molecular formula is C20H21N7O3. The molecule has 0 saturated carbocycles. The number of nitro groups is 1. The van der Waals surface area contributed by atoms with Crippen LogP contribution in [0.5, 0.6) is 0 Å². The summed E-state index contributed by atoms with van der Waals surface area (Å²) < 4.78 is 1.77. The van der Waals surface area contributed by atoms with Crippen LogP contribution in [0.1, 0.15) is 17.0 Å². The van der Waals surface area contributed by atoms with Crippen LogP contribution in [0.25, 0.3) is 5.82 Å². The van der Waals surface area contributed by atoms with Crippen LogP contribution in [0.2, 0.25) is 0 Å². The van der Waals surface area contributed by atoms with Gasteiger partial charge in [0.15, 0.2) is 5.82 Å². The number of aryl methyl sites for hydroxylation is 3. The molecule has 1 aliphatic rings. The molecule has 1 saturated heterocycles. The lowest BCUT2D eigenvalue weighted by atomic mass is 9.99. The Hall–Kier alpha value is -3.82. The number of hydrogen-bond acceptors (Lipinski definition) is 7. The van der Waals surface area contributed by atoms with Gasteiger partial charge in [0.2, 0.25) is 5.91 Å². The fraction of sp³-hybridized carbons (Fsp3) is 0.300. The van der Waals surface area contributed by atoms with Crippen LogP contribution in [-0.2, 0) is 4.79 Å². The summed E-state index contributed by atoms with van der Waals surface area (Å²) in [6.45, 7) is 6.69. The van der Waals surface area contributed by atoms with Crippen molar-refractivity contribution in [3.05, 3.63) is 63.7 Å². The number of hydrogen-bond donors (Lipinski definition) is 1. The first-order valence-corrected chi connectivity index (χ1v) is 9.48. The smallest absolute Gasteiger partial charge is 0.269 e. The molecule has 0 aliphatic carbocycles. The first-order chi connectivity index (χ1) is 14.3. The Morgan fingerprint density at radius 3 is 2.50 bits per heavy atom. The van der Waals surface area contributed by atoms with Crippen molar-refractivity contribution >= 4 is 23.1 Å². The maximum Gasteiger partial charge on any atom is 0.269 e. The van der Waals surface area contributed by atoms with E-state index in [9.17, 15) is 14.9 Å². The van der Waals surface area contributed by atoms with Crippen LogP contribution in [0.15, 0.2) is 36.7 Å². The summed E-state index contributed by atoms with van der Waals surface area (Å²) in [7, 11) is 0. The van der Waals surface area contributed by atoms with Gasteiger partial charge in [-0.15, -0.1) is 0 Å². The number of nitrogens with one attached hydrogen (secondary N) is 1. The van der Waals surface area contributed by atoms with Gasteiger partial charge in [-0.2, -0.15) is 5.10 Å². The lowest BCUT2D eigenvalue weighted by Gasteiger charge is -2.39. The number of nitro benzene ring substituents is 1. The number of nitrogens with zero attached hydrogens (tertiary/aromatic N) is 6. The first kappa shape index (κ1) is 19.5. The van der Waals surface area contributed by atoms with Gasteiger partial charge in [0.05, 0.1) is 16.5 Å². The van der Waals surface area contributed by atoms with Crippen molar-refractivity contribution in [2.24, 2.45) is 5.92 Å². The van der Waals surface area contributed by atoms with Gasteiger partial charge in [0, 0.05) is 42.7 Å². The van der Waals surface area contributed by atoms with Crippen LogP contribution in [0, 0.1) is 36.8 Å². The maximum atomic E-state index is 12.6. The molecule has 3 aromatic rings. The zero-order chi connectivity index (χ0) is 21.4. The Morgan fingerprint density at radius 1 is 1.13 bits per heavy atom. The second-order valence-corrected chi connectivity index (χ2v) is 7.42. The predicted octanol–water partition coefficient (Wildman–Crippen LogP) is 2.57. The van der Waals surface area contributed by atoms with E-state index in [1.54, 1.807) is 17.7 Å². The van der Waals surface area contributed by atoms with Gasteiger partial charge in [-0.25, -0.2) is 14.6 Å². The molecule has 1 amide bonds. The third-order valence-electron chi connectivity index (χ3n) is 5.12. The van der Waals surface area contributed by atoms with Gasteiger partial charge in [0.25, 0.3) is 5.69 Å². The van der Waals surface area contributed by atoms with E-state index in [0.717, 1.165) is 17.2 Å². The average molecular weight is 407 g/mol. The van der Waals surface area contributed by atoms with E-state index < -0.39 is 4.92 Å². The number of rotatable bonds is 5. The number of benzene rings is 1. The molecule has 0 bridgehead atoms. The van der Waals surface area contributed by atoms with Crippen molar-refractivity contribution < 1.29 is 9.72 Å². The van der Waals surface area contributed by atoms with E-state index in [0.29, 0.717) is 30.2 Å². The second kappa shape index (κ2) is 7.54. The summed E-state index contributed by atoms with van der Waals surface area (Å²) in [5.74, 6) is 1.12. The average Bonchev–Trinajstić information content (AvgIpc) is 3.00.